The first kappa shape index (κ1) is 9.00. The van der Waals surface area contributed by atoms with E-state index in [-0.39, 0.29) is 0 Å². The van der Waals surface area contributed by atoms with Crippen LogP contribution in [0.2, 0.25) is 0 Å². The minimum atomic E-state index is 0.360. The Hall–Kier alpha value is -1.57. The summed E-state index contributed by atoms with van der Waals surface area (Å²) in [5.74, 6) is 0. The summed E-state index contributed by atoms with van der Waals surface area (Å²) in [6.45, 7) is 4.33. The van der Waals surface area contributed by atoms with Gasteiger partial charge in [0.1, 0.15) is 0 Å². The number of hydrogen-bond acceptors (Lipinski definition) is 1. The van der Waals surface area contributed by atoms with Crippen LogP contribution in [0.4, 0.5) is 0 Å². The largest absolute Gasteiger partial charge is 0.330 e. The zero-order valence-electron chi connectivity index (χ0n) is 8.51. The number of nitrogens with zero attached hydrogens (tertiary/aromatic N) is 2. The maximum atomic E-state index is 4.06. The van der Waals surface area contributed by atoms with Gasteiger partial charge in [-0.15, -0.1) is 0 Å². The van der Waals surface area contributed by atoms with Crippen LogP contribution in [0.5, 0.6) is 0 Å². The molecule has 0 saturated carbocycles. The summed E-state index contributed by atoms with van der Waals surface area (Å²) in [5, 5.41) is 0. The Morgan fingerprint density at radius 2 is 2.07 bits per heavy atom. The minimum absolute atomic E-state index is 0.360. The van der Waals surface area contributed by atoms with Crippen LogP contribution in [0.15, 0.2) is 43.0 Å². The summed E-state index contributed by atoms with van der Waals surface area (Å²) in [6, 6.07) is 8.82. The molecule has 2 rings (SSSR count). The topological polar surface area (TPSA) is 17.8 Å². The lowest BCUT2D eigenvalue weighted by molar-refractivity contribution is 0.635. The second-order valence-corrected chi connectivity index (χ2v) is 3.54. The van der Waals surface area contributed by atoms with E-state index in [0.717, 1.165) is 0 Å². The molecule has 0 N–H and O–H groups in total. The van der Waals surface area contributed by atoms with Gasteiger partial charge < -0.3 is 4.57 Å². The monoisotopic (exact) mass is 186 g/mol. The van der Waals surface area contributed by atoms with Crippen molar-refractivity contribution in [3.05, 3.63) is 54.1 Å². The van der Waals surface area contributed by atoms with Gasteiger partial charge in [0.25, 0.3) is 0 Å². The van der Waals surface area contributed by atoms with E-state index in [4.69, 9.17) is 0 Å². The predicted octanol–water partition coefficient (Wildman–Crippen LogP) is 2.80. The standard InChI is InChI=1S/C12H14N2/c1-10-5-3-4-6-12(10)11(2)14-8-7-13-9-14/h3-9,11H,1-2H3. The summed E-state index contributed by atoms with van der Waals surface area (Å²) in [4.78, 5) is 4.06. The Labute approximate surface area is 84.2 Å². The zero-order valence-corrected chi connectivity index (χ0v) is 8.51. The number of benzene rings is 1. The van der Waals surface area contributed by atoms with Crippen LogP contribution in [-0.2, 0) is 0 Å². The molecule has 0 aliphatic carbocycles. The second kappa shape index (κ2) is 3.66. The van der Waals surface area contributed by atoms with Gasteiger partial charge in [-0.3, -0.25) is 0 Å². The summed E-state index contributed by atoms with van der Waals surface area (Å²) in [7, 11) is 0. The maximum Gasteiger partial charge on any atom is 0.0951 e. The highest BCUT2D eigenvalue weighted by Gasteiger charge is 2.08. The molecule has 0 aliphatic heterocycles. The van der Waals surface area contributed by atoms with Crippen molar-refractivity contribution in [3.8, 4) is 0 Å². The van der Waals surface area contributed by atoms with E-state index < -0.39 is 0 Å². The molecule has 1 atom stereocenters. The number of aromatic nitrogens is 2. The number of aryl methyl sites for hydroxylation is 1. The fraction of sp³-hybridized carbons (Fsp3) is 0.250. The normalized spacial score (nSPS) is 12.7. The maximum absolute atomic E-state index is 4.06. The summed E-state index contributed by atoms with van der Waals surface area (Å²) < 4.78 is 2.11. The molecule has 0 aliphatic rings. The van der Waals surface area contributed by atoms with E-state index in [1.54, 1.807) is 0 Å². The SMILES string of the molecule is Cc1ccccc1C(C)n1ccnc1. The molecule has 2 heteroatoms. The first-order chi connectivity index (χ1) is 6.79. The summed E-state index contributed by atoms with van der Waals surface area (Å²) in [5.41, 5.74) is 2.68. The molecule has 1 unspecified atom stereocenters. The van der Waals surface area contributed by atoms with Crippen LogP contribution in [0, 0.1) is 6.92 Å². The quantitative estimate of drug-likeness (QED) is 0.705. The predicted molar refractivity (Wildman–Crippen MR) is 57.2 cm³/mol. The number of rotatable bonds is 2. The Kier molecular flexibility index (Phi) is 2.35. The van der Waals surface area contributed by atoms with Crippen molar-refractivity contribution in [1.29, 1.82) is 0 Å². The third-order valence-corrected chi connectivity index (χ3v) is 2.61. The van der Waals surface area contributed by atoms with Crippen LogP contribution in [0.3, 0.4) is 0 Å². The fourth-order valence-electron chi connectivity index (χ4n) is 1.71. The average Bonchev–Trinajstić information content (AvgIpc) is 2.70. The van der Waals surface area contributed by atoms with Crippen molar-refractivity contribution in [1.82, 2.24) is 9.55 Å². The first-order valence-electron chi connectivity index (χ1n) is 4.82. The number of imidazole rings is 1. The van der Waals surface area contributed by atoms with Crippen molar-refractivity contribution in [2.24, 2.45) is 0 Å². The van der Waals surface area contributed by atoms with Gasteiger partial charge in [0.2, 0.25) is 0 Å². The van der Waals surface area contributed by atoms with Crippen LogP contribution in [-0.4, -0.2) is 9.55 Å². The van der Waals surface area contributed by atoms with Crippen molar-refractivity contribution in [2.45, 2.75) is 19.9 Å². The molecule has 1 aromatic heterocycles. The second-order valence-electron chi connectivity index (χ2n) is 3.54. The van der Waals surface area contributed by atoms with Gasteiger partial charge in [0.05, 0.1) is 12.4 Å². The third-order valence-electron chi connectivity index (χ3n) is 2.61. The van der Waals surface area contributed by atoms with Gasteiger partial charge >= 0.3 is 0 Å². The average molecular weight is 186 g/mol. The van der Waals surface area contributed by atoms with Crippen molar-refractivity contribution in [2.75, 3.05) is 0 Å². The molecule has 0 fully saturated rings. The molecule has 0 spiro atoms. The van der Waals surface area contributed by atoms with Crippen molar-refractivity contribution in [3.63, 3.8) is 0 Å². The van der Waals surface area contributed by atoms with Gasteiger partial charge in [-0.2, -0.15) is 0 Å². The minimum Gasteiger partial charge on any atom is -0.330 e. The molecule has 2 aromatic rings. The van der Waals surface area contributed by atoms with Gasteiger partial charge in [-0.05, 0) is 25.0 Å². The fourth-order valence-corrected chi connectivity index (χ4v) is 1.71. The van der Waals surface area contributed by atoms with Crippen LogP contribution in [0.1, 0.15) is 24.1 Å². The van der Waals surface area contributed by atoms with Gasteiger partial charge in [0, 0.05) is 12.4 Å². The molecule has 0 saturated heterocycles. The van der Waals surface area contributed by atoms with E-state index in [1.165, 1.54) is 11.1 Å². The molecule has 0 radical (unpaired) electrons. The molecule has 14 heavy (non-hydrogen) atoms. The molecule has 72 valence electrons. The zero-order chi connectivity index (χ0) is 9.97. The molecular weight excluding hydrogens is 172 g/mol. The van der Waals surface area contributed by atoms with E-state index in [0.29, 0.717) is 6.04 Å². The van der Waals surface area contributed by atoms with Crippen molar-refractivity contribution >= 4 is 0 Å². The molecule has 1 heterocycles. The Bertz CT molecular complexity index is 404. The molecule has 0 bridgehead atoms. The third kappa shape index (κ3) is 1.55. The van der Waals surface area contributed by atoms with Crippen LogP contribution in [0.25, 0.3) is 0 Å². The Balaban J connectivity index is 2.37. The lowest BCUT2D eigenvalue weighted by Crippen LogP contribution is -2.05. The van der Waals surface area contributed by atoms with Crippen LogP contribution >= 0.6 is 0 Å². The van der Waals surface area contributed by atoms with Crippen LogP contribution < -0.4 is 0 Å². The molecular formula is C12H14N2. The van der Waals surface area contributed by atoms with E-state index in [2.05, 4.69) is 47.7 Å². The lowest BCUT2D eigenvalue weighted by atomic mass is 10.0. The highest BCUT2D eigenvalue weighted by molar-refractivity contribution is 5.28. The Morgan fingerprint density at radius 3 is 2.71 bits per heavy atom. The Morgan fingerprint density at radius 1 is 1.29 bits per heavy atom. The van der Waals surface area contributed by atoms with Gasteiger partial charge in [-0.25, -0.2) is 4.98 Å². The smallest absolute Gasteiger partial charge is 0.0951 e. The lowest BCUT2D eigenvalue weighted by Gasteiger charge is -2.15. The van der Waals surface area contributed by atoms with Gasteiger partial charge in [-0.1, -0.05) is 24.3 Å². The first-order valence-corrected chi connectivity index (χ1v) is 4.82. The molecule has 1 aromatic carbocycles. The molecule has 0 amide bonds. The molecule has 2 nitrogen and oxygen atoms in total. The van der Waals surface area contributed by atoms with E-state index >= 15 is 0 Å². The number of hydrogen-bond donors (Lipinski definition) is 0. The van der Waals surface area contributed by atoms with Crippen molar-refractivity contribution < 1.29 is 0 Å². The van der Waals surface area contributed by atoms with Gasteiger partial charge in [0.15, 0.2) is 0 Å². The highest BCUT2D eigenvalue weighted by atomic mass is 15.0. The van der Waals surface area contributed by atoms with E-state index in [9.17, 15) is 0 Å². The van der Waals surface area contributed by atoms with E-state index in [1.807, 2.05) is 18.7 Å². The summed E-state index contributed by atoms with van der Waals surface area (Å²) in [6.07, 6.45) is 5.67. The highest BCUT2D eigenvalue weighted by Crippen LogP contribution is 2.20. The summed E-state index contributed by atoms with van der Waals surface area (Å²) >= 11 is 0.